The van der Waals surface area contributed by atoms with E-state index in [1.165, 1.54) is 40.6 Å². The van der Waals surface area contributed by atoms with E-state index in [1.54, 1.807) is 22.5 Å². The highest BCUT2D eigenvalue weighted by atomic mass is 79.9. The maximum absolute atomic E-state index is 3.62. The maximum atomic E-state index is 3.62. The van der Waals surface area contributed by atoms with E-state index in [0.717, 1.165) is 6.54 Å². The van der Waals surface area contributed by atoms with Gasteiger partial charge in [-0.3, -0.25) is 0 Å². The summed E-state index contributed by atoms with van der Waals surface area (Å²) < 4.78 is 1.18. The molecule has 1 heterocycles. The lowest BCUT2D eigenvalue weighted by Crippen LogP contribution is -2.18. The zero-order chi connectivity index (χ0) is 13.9. The molecule has 1 N–H and O–H groups in total. The van der Waals surface area contributed by atoms with E-state index >= 15 is 0 Å². The highest BCUT2D eigenvalue weighted by Gasteiger charge is 2.12. The Morgan fingerprint density at radius 1 is 1.20 bits per heavy atom. The molecular weight excluding hydrogens is 330 g/mol. The summed E-state index contributed by atoms with van der Waals surface area (Å²) in [5.41, 5.74) is 4.55. The van der Waals surface area contributed by atoms with Gasteiger partial charge in [-0.15, -0.1) is 11.3 Å². The highest BCUT2D eigenvalue weighted by Crippen LogP contribution is 2.25. The Hall–Kier alpha value is -0.640. The van der Waals surface area contributed by atoms with Gasteiger partial charge in [0.25, 0.3) is 0 Å². The fourth-order valence-electron chi connectivity index (χ4n) is 2.84. The van der Waals surface area contributed by atoms with Crippen molar-refractivity contribution in [3.63, 3.8) is 0 Å². The average molecular weight is 350 g/mol. The average Bonchev–Trinajstić information content (AvgIpc) is 2.90. The van der Waals surface area contributed by atoms with Gasteiger partial charge in [-0.2, -0.15) is 0 Å². The van der Waals surface area contributed by atoms with Gasteiger partial charge in [0, 0.05) is 27.3 Å². The third-order valence-electron chi connectivity index (χ3n) is 4.08. The number of hydrogen-bond donors (Lipinski definition) is 1. The van der Waals surface area contributed by atoms with Crippen LogP contribution in [-0.4, -0.2) is 0 Å². The van der Waals surface area contributed by atoms with Crippen molar-refractivity contribution in [3.05, 3.63) is 55.7 Å². The summed E-state index contributed by atoms with van der Waals surface area (Å²) >= 11 is 5.31. The minimum absolute atomic E-state index is 0.406. The topological polar surface area (TPSA) is 12.0 Å². The van der Waals surface area contributed by atoms with Crippen molar-refractivity contribution < 1.29 is 0 Å². The number of thiophene rings is 1. The standard InChI is InChI=1S/C17H20BrNS/c1-12(19-10-17-9-16(18)11-20-17)14-7-6-13-4-2-3-5-15(13)8-14/h6-9,11-12,19H,2-5,10H2,1H3. The Balaban J connectivity index is 1.66. The predicted octanol–water partition coefficient (Wildman–Crippen LogP) is 5.24. The number of nitrogens with one attached hydrogen (secondary N) is 1. The van der Waals surface area contributed by atoms with Crippen LogP contribution in [0.2, 0.25) is 0 Å². The van der Waals surface area contributed by atoms with Crippen LogP contribution in [0, 0.1) is 0 Å². The lowest BCUT2D eigenvalue weighted by atomic mass is 9.89. The molecule has 3 heteroatoms. The van der Waals surface area contributed by atoms with E-state index < -0.39 is 0 Å². The summed E-state index contributed by atoms with van der Waals surface area (Å²) in [6, 6.07) is 9.65. The fourth-order valence-corrected chi connectivity index (χ4v) is 4.24. The number of rotatable bonds is 4. The van der Waals surface area contributed by atoms with E-state index in [2.05, 4.69) is 57.8 Å². The summed E-state index contributed by atoms with van der Waals surface area (Å²) in [6.07, 6.45) is 5.23. The van der Waals surface area contributed by atoms with Crippen molar-refractivity contribution in [1.29, 1.82) is 0 Å². The number of benzene rings is 1. The highest BCUT2D eigenvalue weighted by molar-refractivity contribution is 9.10. The first-order valence-corrected chi connectivity index (χ1v) is 8.97. The molecule has 106 valence electrons. The Morgan fingerprint density at radius 2 is 2.00 bits per heavy atom. The smallest absolute Gasteiger partial charge is 0.0305 e. The molecule has 0 bridgehead atoms. The molecule has 1 aliphatic carbocycles. The second kappa shape index (κ2) is 6.42. The normalized spacial score (nSPS) is 15.9. The van der Waals surface area contributed by atoms with Crippen molar-refractivity contribution >= 4 is 27.3 Å². The van der Waals surface area contributed by atoms with Gasteiger partial charge in [0.05, 0.1) is 0 Å². The third kappa shape index (κ3) is 3.33. The van der Waals surface area contributed by atoms with Crippen LogP contribution in [0.3, 0.4) is 0 Å². The van der Waals surface area contributed by atoms with Crippen LogP contribution in [0.1, 0.15) is 47.4 Å². The summed E-state index contributed by atoms with van der Waals surface area (Å²) in [5, 5.41) is 5.76. The molecule has 0 aliphatic heterocycles. The summed E-state index contributed by atoms with van der Waals surface area (Å²) in [6.45, 7) is 3.20. The molecule has 20 heavy (non-hydrogen) atoms. The Kier molecular flexibility index (Phi) is 4.59. The van der Waals surface area contributed by atoms with E-state index in [1.807, 2.05) is 0 Å². The molecule has 1 aromatic heterocycles. The monoisotopic (exact) mass is 349 g/mol. The SMILES string of the molecule is CC(NCc1cc(Br)cs1)c1ccc2c(c1)CCCC2. The summed E-state index contributed by atoms with van der Waals surface area (Å²) in [7, 11) is 0. The van der Waals surface area contributed by atoms with Crippen molar-refractivity contribution in [1.82, 2.24) is 5.32 Å². The van der Waals surface area contributed by atoms with Gasteiger partial charge < -0.3 is 5.32 Å². The summed E-state index contributed by atoms with van der Waals surface area (Å²) in [5.74, 6) is 0. The molecule has 0 radical (unpaired) electrons. The van der Waals surface area contributed by atoms with Crippen molar-refractivity contribution in [2.24, 2.45) is 0 Å². The van der Waals surface area contributed by atoms with Crippen molar-refractivity contribution in [2.45, 2.75) is 45.2 Å². The lowest BCUT2D eigenvalue weighted by molar-refractivity contribution is 0.576. The first-order valence-electron chi connectivity index (χ1n) is 7.30. The first-order chi connectivity index (χ1) is 9.72. The van der Waals surface area contributed by atoms with E-state index in [9.17, 15) is 0 Å². The quantitative estimate of drug-likeness (QED) is 0.795. The van der Waals surface area contributed by atoms with Gasteiger partial charge in [0.15, 0.2) is 0 Å². The van der Waals surface area contributed by atoms with Crippen LogP contribution in [0.4, 0.5) is 0 Å². The molecule has 1 nitrogen and oxygen atoms in total. The van der Waals surface area contributed by atoms with Crippen LogP contribution in [0.5, 0.6) is 0 Å². The molecular formula is C17H20BrNS. The predicted molar refractivity (Wildman–Crippen MR) is 90.4 cm³/mol. The van der Waals surface area contributed by atoms with Crippen LogP contribution in [-0.2, 0) is 19.4 Å². The Labute approximate surface area is 133 Å². The number of halogens is 1. The lowest BCUT2D eigenvalue weighted by Gasteiger charge is -2.20. The number of fused-ring (bicyclic) bond motifs is 1. The third-order valence-corrected chi connectivity index (χ3v) is 5.77. The molecule has 1 unspecified atom stereocenters. The van der Waals surface area contributed by atoms with Crippen LogP contribution < -0.4 is 5.32 Å². The zero-order valence-corrected chi connectivity index (χ0v) is 14.2. The van der Waals surface area contributed by atoms with Crippen molar-refractivity contribution in [2.75, 3.05) is 0 Å². The minimum atomic E-state index is 0.406. The summed E-state index contributed by atoms with van der Waals surface area (Å²) in [4.78, 5) is 1.38. The largest absolute Gasteiger partial charge is 0.305 e. The molecule has 3 rings (SSSR count). The van der Waals surface area contributed by atoms with Gasteiger partial charge in [-0.1, -0.05) is 18.2 Å². The molecule has 0 saturated carbocycles. The molecule has 0 fully saturated rings. The molecule has 1 aromatic carbocycles. The van der Waals surface area contributed by atoms with Gasteiger partial charge in [-0.05, 0) is 71.3 Å². The minimum Gasteiger partial charge on any atom is -0.305 e. The van der Waals surface area contributed by atoms with Crippen LogP contribution in [0.15, 0.2) is 34.1 Å². The Morgan fingerprint density at radius 3 is 2.75 bits per heavy atom. The van der Waals surface area contributed by atoms with Crippen LogP contribution >= 0.6 is 27.3 Å². The van der Waals surface area contributed by atoms with E-state index in [4.69, 9.17) is 0 Å². The first kappa shape index (κ1) is 14.3. The van der Waals surface area contributed by atoms with Crippen LogP contribution in [0.25, 0.3) is 0 Å². The molecule has 0 saturated heterocycles. The molecule has 0 spiro atoms. The van der Waals surface area contributed by atoms with Gasteiger partial charge >= 0.3 is 0 Å². The number of hydrogen-bond acceptors (Lipinski definition) is 2. The second-order valence-electron chi connectivity index (χ2n) is 5.57. The van der Waals surface area contributed by atoms with E-state index in [-0.39, 0.29) is 0 Å². The number of aryl methyl sites for hydroxylation is 2. The Bertz CT molecular complexity index is 590. The maximum Gasteiger partial charge on any atom is 0.0305 e. The molecule has 0 amide bonds. The van der Waals surface area contributed by atoms with Gasteiger partial charge in [0.2, 0.25) is 0 Å². The fraction of sp³-hybridized carbons (Fsp3) is 0.412. The molecule has 1 atom stereocenters. The molecule has 1 aliphatic rings. The van der Waals surface area contributed by atoms with Crippen molar-refractivity contribution in [3.8, 4) is 0 Å². The second-order valence-corrected chi connectivity index (χ2v) is 7.48. The van der Waals surface area contributed by atoms with Gasteiger partial charge in [-0.25, -0.2) is 0 Å². The zero-order valence-electron chi connectivity index (χ0n) is 11.8. The molecule has 2 aromatic rings. The van der Waals surface area contributed by atoms with Gasteiger partial charge in [0.1, 0.15) is 0 Å². The van der Waals surface area contributed by atoms with E-state index in [0.29, 0.717) is 6.04 Å².